The Morgan fingerprint density at radius 3 is 2.63 bits per heavy atom. The minimum absolute atomic E-state index is 0.247. The third kappa shape index (κ3) is 4.16. The predicted octanol–water partition coefficient (Wildman–Crippen LogP) is 0.305. The van der Waals surface area contributed by atoms with Crippen LogP contribution in [0.5, 0.6) is 0 Å². The number of aromatic nitrogens is 1. The maximum atomic E-state index is 8.93. The van der Waals surface area contributed by atoms with Gasteiger partial charge in [-0.2, -0.15) is 0 Å². The molecule has 0 saturated carbocycles. The lowest BCUT2D eigenvalue weighted by molar-refractivity contribution is 0.188. The first-order valence-corrected chi connectivity index (χ1v) is 7.07. The van der Waals surface area contributed by atoms with Crippen molar-refractivity contribution in [1.29, 1.82) is 0 Å². The van der Waals surface area contributed by atoms with Crippen LogP contribution in [0.4, 0.5) is 5.82 Å². The maximum Gasteiger partial charge on any atom is 0.128 e. The van der Waals surface area contributed by atoms with Crippen LogP contribution in [0.2, 0.25) is 0 Å². The van der Waals surface area contributed by atoms with Gasteiger partial charge in [0.05, 0.1) is 6.61 Å². The van der Waals surface area contributed by atoms with Crippen molar-refractivity contribution in [2.45, 2.75) is 13.5 Å². The number of nitrogens with zero attached hydrogens (tertiary/aromatic N) is 3. The number of β-amino-alcohol motifs (C(OH)–C–C–N with tert-alkyl or cyclic N) is 1. The van der Waals surface area contributed by atoms with Gasteiger partial charge in [0.25, 0.3) is 0 Å². The molecule has 1 fully saturated rings. The molecule has 1 aromatic rings. The van der Waals surface area contributed by atoms with E-state index in [-0.39, 0.29) is 6.61 Å². The molecular formula is C14H24N4O. The Hall–Kier alpha value is -1.17. The minimum Gasteiger partial charge on any atom is -0.395 e. The summed E-state index contributed by atoms with van der Waals surface area (Å²) in [4.78, 5) is 9.14. The molecule has 0 atom stereocenters. The van der Waals surface area contributed by atoms with E-state index in [4.69, 9.17) is 5.11 Å². The van der Waals surface area contributed by atoms with Crippen molar-refractivity contribution in [2.75, 3.05) is 50.8 Å². The number of anilines is 1. The van der Waals surface area contributed by atoms with Crippen LogP contribution >= 0.6 is 0 Å². The molecule has 1 aromatic heterocycles. The van der Waals surface area contributed by atoms with Gasteiger partial charge in [-0.25, -0.2) is 4.98 Å². The summed E-state index contributed by atoms with van der Waals surface area (Å²) < 4.78 is 0. The number of hydrogen-bond donors (Lipinski definition) is 2. The SMILES string of the molecule is CCNCc1ccc(N2CCN(CCO)CC2)nc1. The molecule has 0 radical (unpaired) electrons. The van der Waals surface area contributed by atoms with Gasteiger partial charge in [-0.05, 0) is 18.2 Å². The molecule has 0 spiro atoms. The zero-order valence-electron chi connectivity index (χ0n) is 11.7. The third-order valence-corrected chi connectivity index (χ3v) is 3.50. The number of aliphatic hydroxyl groups is 1. The van der Waals surface area contributed by atoms with Crippen LogP contribution in [0, 0.1) is 0 Å². The smallest absolute Gasteiger partial charge is 0.128 e. The lowest BCUT2D eigenvalue weighted by atomic mass is 10.2. The molecule has 1 aliphatic heterocycles. The molecule has 2 N–H and O–H groups in total. The standard InChI is InChI=1S/C14H24N4O/c1-2-15-11-13-3-4-14(16-12-13)18-7-5-17(6-8-18)9-10-19/h3-4,12,15,19H,2,5-11H2,1H3. The fourth-order valence-corrected chi connectivity index (χ4v) is 2.32. The van der Waals surface area contributed by atoms with E-state index in [0.29, 0.717) is 0 Å². The molecule has 19 heavy (non-hydrogen) atoms. The van der Waals surface area contributed by atoms with Crippen molar-refractivity contribution in [2.24, 2.45) is 0 Å². The molecule has 0 aromatic carbocycles. The first-order valence-electron chi connectivity index (χ1n) is 7.07. The molecule has 2 heterocycles. The van der Waals surface area contributed by atoms with Crippen LogP contribution in [0.1, 0.15) is 12.5 Å². The quantitative estimate of drug-likeness (QED) is 0.774. The Morgan fingerprint density at radius 1 is 1.26 bits per heavy atom. The zero-order valence-corrected chi connectivity index (χ0v) is 11.7. The topological polar surface area (TPSA) is 51.6 Å². The van der Waals surface area contributed by atoms with Crippen LogP contribution < -0.4 is 10.2 Å². The Balaban J connectivity index is 1.85. The van der Waals surface area contributed by atoms with E-state index in [1.165, 1.54) is 5.56 Å². The van der Waals surface area contributed by atoms with Crippen LogP contribution in [0.25, 0.3) is 0 Å². The van der Waals surface area contributed by atoms with E-state index < -0.39 is 0 Å². The number of rotatable bonds is 6. The highest BCUT2D eigenvalue weighted by molar-refractivity contribution is 5.39. The summed E-state index contributed by atoms with van der Waals surface area (Å²) in [6, 6.07) is 4.25. The first-order chi connectivity index (χ1) is 9.33. The fourth-order valence-electron chi connectivity index (χ4n) is 2.32. The zero-order chi connectivity index (χ0) is 13.5. The number of piperazine rings is 1. The van der Waals surface area contributed by atoms with Crippen LogP contribution in [-0.4, -0.2) is 60.9 Å². The Morgan fingerprint density at radius 2 is 2.05 bits per heavy atom. The van der Waals surface area contributed by atoms with E-state index in [1.54, 1.807) is 0 Å². The summed E-state index contributed by atoms with van der Waals surface area (Å²) in [5.41, 5.74) is 1.23. The van der Waals surface area contributed by atoms with E-state index >= 15 is 0 Å². The van der Waals surface area contributed by atoms with Crippen molar-refractivity contribution in [3.63, 3.8) is 0 Å². The minimum atomic E-state index is 0.247. The molecule has 1 aliphatic rings. The lowest BCUT2D eigenvalue weighted by Gasteiger charge is -2.35. The van der Waals surface area contributed by atoms with Gasteiger partial charge in [-0.15, -0.1) is 0 Å². The average Bonchev–Trinajstić information content (AvgIpc) is 2.47. The molecule has 0 bridgehead atoms. The molecule has 1 saturated heterocycles. The van der Waals surface area contributed by atoms with Gasteiger partial charge in [-0.1, -0.05) is 13.0 Å². The Kier molecular flexibility index (Phi) is 5.57. The highest BCUT2D eigenvalue weighted by Crippen LogP contribution is 2.13. The second-order valence-corrected chi connectivity index (χ2v) is 4.86. The predicted molar refractivity (Wildman–Crippen MR) is 77.4 cm³/mol. The van der Waals surface area contributed by atoms with Gasteiger partial charge < -0.3 is 15.3 Å². The maximum absolute atomic E-state index is 8.93. The molecule has 106 valence electrons. The number of hydrogen-bond acceptors (Lipinski definition) is 5. The van der Waals surface area contributed by atoms with Crippen molar-refractivity contribution < 1.29 is 5.11 Å². The summed E-state index contributed by atoms with van der Waals surface area (Å²) >= 11 is 0. The van der Waals surface area contributed by atoms with Gasteiger partial charge in [-0.3, -0.25) is 4.90 Å². The summed E-state index contributed by atoms with van der Waals surface area (Å²) in [5.74, 6) is 1.06. The van der Waals surface area contributed by atoms with Gasteiger partial charge in [0.1, 0.15) is 5.82 Å². The van der Waals surface area contributed by atoms with Gasteiger partial charge in [0.2, 0.25) is 0 Å². The van der Waals surface area contributed by atoms with Crippen molar-refractivity contribution in [3.8, 4) is 0 Å². The van der Waals surface area contributed by atoms with E-state index in [0.717, 1.165) is 51.6 Å². The number of pyridine rings is 1. The van der Waals surface area contributed by atoms with Gasteiger partial charge in [0.15, 0.2) is 0 Å². The lowest BCUT2D eigenvalue weighted by Crippen LogP contribution is -2.47. The number of aliphatic hydroxyl groups excluding tert-OH is 1. The van der Waals surface area contributed by atoms with Crippen molar-refractivity contribution >= 4 is 5.82 Å². The normalized spacial score (nSPS) is 16.8. The highest BCUT2D eigenvalue weighted by Gasteiger charge is 2.17. The molecule has 5 heteroatoms. The fraction of sp³-hybridized carbons (Fsp3) is 0.643. The van der Waals surface area contributed by atoms with E-state index in [1.807, 2.05) is 6.20 Å². The second-order valence-electron chi connectivity index (χ2n) is 4.86. The summed E-state index contributed by atoms with van der Waals surface area (Å²) in [5, 5.41) is 12.2. The van der Waals surface area contributed by atoms with Crippen LogP contribution in [0.3, 0.4) is 0 Å². The molecule has 2 rings (SSSR count). The highest BCUT2D eigenvalue weighted by atomic mass is 16.3. The average molecular weight is 264 g/mol. The van der Waals surface area contributed by atoms with Crippen LogP contribution in [0.15, 0.2) is 18.3 Å². The third-order valence-electron chi connectivity index (χ3n) is 3.50. The second kappa shape index (κ2) is 7.43. The Labute approximate surface area is 115 Å². The van der Waals surface area contributed by atoms with E-state index in [2.05, 4.69) is 39.2 Å². The van der Waals surface area contributed by atoms with E-state index in [9.17, 15) is 0 Å². The molecule has 0 amide bonds. The van der Waals surface area contributed by atoms with Gasteiger partial charge in [0, 0.05) is 45.5 Å². The molecule has 0 aliphatic carbocycles. The van der Waals surface area contributed by atoms with Crippen molar-refractivity contribution in [3.05, 3.63) is 23.9 Å². The summed E-state index contributed by atoms with van der Waals surface area (Å²) in [6.07, 6.45) is 1.96. The number of nitrogens with one attached hydrogen (secondary N) is 1. The monoisotopic (exact) mass is 264 g/mol. The Bertz CT molecular complexity index is 360. The largest absolute Gasteiger partial charge is 0.395 e. The first kappa shape index (κ1) is 14.2. The van der Waals surface area contributed by atoms with Gasteiger partial charge >= 0.3 is 0 Å². The molecule has 5 nitrogen and oxygen atoms in total. The van der Waals surface area contributed by atoms with Crippen molar-refractivity contribution in [1.82, 2.24) is 15.2 Å². The molecule has 0 unspecified atom stereocenters. The molecular weight excluding hydrogens is 240 g/mol. The van der Waals surface area contributed by atoms with Crippen LogP contribution in [-0.2, 0) is 6.54 Å². The summed E-state index contributed by atoms with van der Waals surface area (Å²) in [6.45, 7) is 8.97. The summed E-state index contributed by atoms with van der Waals surface area (Å²) in [7, 11) is 0.